The number of rotatable bonds is 2. The van der Waals surface area contributed by atoms with Gasteiger partial charge in [-0.2, -0.15) is 0 Å². The topological polar surface area (TPSA) is 70.9 Å². The van der Waals surface area contributed by atoms with E-state index in [-0.39, 0.29) is 6.04 Å². The molecule has 15 heavy (non-hydrogen) atoms. The van der Waals surface area contributed by atoms with Crippen LogP contribution in [-0.2, 0) is 17.8 Å². The van der Waals surface area contributed by atoms with Crippen LogP contribution in [-0.4, -0.2) is 11.6 Å². The van der Waals surface area contributed by atoms with Crippen LogP contribution in [0.3, 0.4) is 0 Å². The van der Waals surface area contributed by atoms with Crippen molar-refractivity contribution in [2.24, 2.45) is 5.11 Å². The van der Waals surface area contributed by atoms with Crippen molar-refractivity contribution in [3.05, 3.63) is 39.5 Å². The SMILES string of the molecule is CCc1cnc2c(c1)C(N=[N+]=[N-])COC2. The molecular formula is C10H12N4O. The zero-order valence-corrected chi connectivity index (χ0v) is 8.55. The van der Waals surface area contributed by atoms with Crippen LogP contribution in [0.2, 0.25) is 0 Å². The smallest absolute Gasteiger partial charge is 0.0891 e. The monoisotopic (exact) mass is 204 g/mol. The molecule has 5 nitrogen and oxygen atoms in total. The molecule has 2 heterocycles. The summed E-state index contributed by atoms with van der Waals surface area (Å²) in [6.45, 7) is 3.04. The third kappa shape index (κ3) is 1.93. The second kappa shape index (κ2) is 4.29. The Balaban J connectivity index is 2.43. The molecular weight excluding hydrogens is 192 g/mol. The lowest BCUT2D eigenvalue weighted by molar-refractivity contribution is 0.0892. The summed E-state index contributed by atoms with van der Waals surface area (Å²) in [6, 6.07) is 1.84. The highest BCUT2D eigenvalue weighted by Crippen LogP contribution is 2.27. The Morgan fingerprint density at radius 2 is 2.60 bits per heavy atom. The molecule has 1 aliphatic heterocycles. The minimum absolute atomic E-state index is 0.224. The van der Waals surface area contributed by atoms with Crippen molar-refractivity contribution in [2.75, 3.05) is 6.61 Å². The largest absolute Gasteiger partial charge is 0.374 e. The molecule has 1 atom stereocenters. The van der Waals surface area contributed by atoms with Gasteiger partial charge in [-0.05, 0) is 23.1 Å². The van der Waals surface area contributed by atoms with E-state index in [1.165, 1.54) is 0 Å². The minimum atomic E-state index is -0.224. The van der Waals surface area contributed by atoms with Gasteiger partial charge in [-0.15, -0.1) is 0 Å². The van der Waals surface area contributed by atoms with Crippen LogP contribution < -0.4 is 0 Å². The summed E-state index contributed by atoms with van der Waals surface area (Å²) in [7, 11) is 0. The van der Waals surface area contributed by atoms with Crippen molar-refractivity contribution in [3.8, 4) is 0 Å². The molecule has 5 heteroatoms. The van der Waals surface area contributed by atoms with Gasteiger partial charge in [-0.3, -0.25) is 4.98 Å². The van der Waals surface area contributed by atoms with E-state index in [1.54, 1.807) is 0 Å². The van der Waals surface area contributed by atoms with E-state index >= 15 is 0 Å². The van der Waals surface area contributed by atoms with E-state index in [2.05, 4.69) is 28.0 Å². The number of nitrogens with zero attached hydrogens (tertiary/aromatic N) is 4. The standard InChI is InChI=1S/C10H12N4O/c1-2-7-3-8-9(12-4-7)5-15-6-10(8)13-14-11/h3-4,10H,2,5-6H2,1H3. The van der Waals surface area contributed by atoms with Crippen molar-refractivity contribution < 1.29 is 4.74 Å². The van der Waals surface area contributed by atoms with Crippen LogP contribution in [0.1, 0.15) is 29.8 Å². The van der Waals surface area contributed by atoms with Crippen LogP contribution >= 0.6 is 0 Å². The number of ether oxygens (including phenoxy) is 1. The second-order valence-electron chi connectivity index (χ2n) is 3.47. The molecule has 0 amide bonds. The maximum Gasteiger partial charge on any atom is 0.0891 e. The number of hydrogen-bond donors (Lipinski definition) is 0. The Labute approximate surface area is 87.7 Å². The van der Waals surface area contributed by atoms with E-state index in [9.17, 15) is 0 Å². The van der Waals surface area contributed by atoms with Crippen molar-refractivity contribution in [1.29, 1.82) is 0 Å². The first-order valence-corrected chi connectivity index (χ1v) is 4.94. The lowest BCUT2D eigenvalue weighted by atomic mass is 10.0. The molecule has 0 radical (unpaired) electrons. The van der Waals surface area contributed by atoms with Gasteiger partial charge in [-0.25, -0.2) is 0 Å². The van der Waals surface area contributed by atoms with E-state index in [0.29, 0.717) is 13.2 Å². The van der Waals surface area contributed by atoms with Gasteiger partial charge < -0.3 is 4.74 Å². The Bertz CT molecular complexity index is 412. The molecule has 1 aliphatic rings. The van der Waals surface area contributed by atoms with Crippen LogP contribution in [0, 0.1) is 0 Å². The van der Waals surface area contributed by atoms with Crippen molar-refractivity contribution >= 4 is 0 Å². The number of aryl methyl sites for hydroxylation is 1. The molecule has 0 aliphatic carbocycles. The van der Waals surface area contributed by atoms with Gasteiger partial charge in [0.05, 0.1) is 24.9 Å². The fourth-order valence-electron chi connectivity index (χ4n) is 1.67. The van der Waals surface area contributed by atoms with E-state index in [1.807, 2.05) is 6.20 Å². The Morgan fingerprint density at radius 1 is 1.73 bits per heavy atom. The predicted octanol–water partition coefficient (Wildman–Crippen LogP) is 2.53. The molecule has 2 rings (SSSR count). The van der Waals surface area contributed by atoms with E-state index < -0.39 is 0 Å². The summed E-state index contributed by atoms with van der Waals surface area (Å²) in [6.07, 6.45) is 2.78. The number of aromatic nitrogens is 1. The summed E-state index contributed by atoms with van der Waals surface area (Å²) in [5.41, 5.74) is 11.5. The van der Waals surface area contributed by atoms with Gasteiger partial charge in [0.15, 0.2) is 0 Å². The summed E-state index contributed by atoms with van der Waals surface area (Å²) in [4.78, 5) is 7.15. The van der Waals surface area contributed by atoms with E-state index in [4.69, 9.17) is 10.3 Å². The van der Waals surface area contributed by atoms with Crippen LogP contribution in [0.15, 0.2) is 17.4 Å². The first kappa shape index (κ1) is 9.96. The van der Waals surface area contributed by atoms with Crippen LogP contribution in [0.5, 0.6) is 0 Å². The maximum absolute atomic E-state index is 8.45. The van der Waals surface area contributed by atoms with Crippen molar-refractivity contribution in [1.82, 2.24) is 4.98 Å². The predicted molar refractivity (Wildman–Crippen MR) is 55.2 cm³/mol. The lowest BCUT2D eigenvalue weighted by Crippen LogP contribution is -2.16. The van der Waals surface area contributed by atoms with Gasteiger partial charge >= 0.3 is 0 Å². The molecule has 0 saturated carbocycles. The molecule has 1 unspecified atom stereocenters. The normalized spacial score (nSPS) is 19.1. The van der Waals surface area contributed by atoms with Crippen LogP contribution in [0.25, 0.3) is 10.4 Å². The highest BCUT2D eigenvalue weighted by Gasteiger charge is 2.20. The molecule has 1 aromatic heterocycles. The minimum Gasteiger partial charge on any atom is -0.374 e. The molecule has 78 valence electrons. The molecule has 0 N–H and O–H groups in total. The fourth-order valence-corrected chi connectivity index (χ4v) is 1.67. The van der Waals surface area contributed by atoms with E-state index in [0.717, 1.165) is 23.2 Å². The number of pyridine rings is 1. The number of fused-ring (bicyclic) bond motifs is 1. The highest BCUT2D eigenvalue weighted by atomic mass is 16.5. The third-order valence-electron chi connectivity index (χ3n) is 2.53. The maximum atomic E-state index is 8.45. The Morgan fingerprint density at radius 3 is 3.33 bits per heavy atom. The van der Waals surface area contributed by atoms with Gasteiger partial charge in [0.2, 0.25) is 0 Å². The summed E-state index contributed by atoms with van der Waals surface area (Å²) in [5, 5.41) is 3.72. The summed E-state index contributed by atoms with van der Waals surface area (Å²) in [5.74, 6) is 0. The molecule has 1 aromatic rings. The van der Waals surface area contributed by atoms with Crippen LogP contribution in [0.4, 0.5) is 0 Å². The lowest BCUT2D eigenvalue weighted by Gasteiger charge is -2.21. The average molecular weight is 204 g/mol. The Hall–Kier alpha value is -1.58. The highest BCUT2D eigenvalue weighted by molar-refractivity contribution is 5.29. The molecule has 0 fully saturated rings. The number of azide groups is 1. The first-order valence-electron chi connectivity index (χ1n) is 4.94. The Kier molecular flexibility index (Phi) is 2.85. The first-order chi connectivity index (χ1) is 7.35. The number of hydrogen-bond acceptors (Lipinski definition) is 3. The van der Waals surface area contributed by atoms with Gasteiger partial charge in [0, 0.05) is 11.1 Å². The molecule has 0 bridgehead atoms. The second-order valence-corrected chi connectivity index (χ2v) is 3.47. The van der Waals surface area contributed by atoms with Gasteiger partial charge in [0.1, 0.15) is 0 Å². The zero-order chi connectivity index (χ0) is 10.7. The third-order valence-corrected chi connectivity index (χ3v) is 2.53. The summed E-state index contributed by atoms with van der Waals surface area (Å²) >= 11 is 0. The average Bonchev–Trinajstić information content (AvgIpc) is 2.29. The quantitative estimate of drug-likeness (QED) is 0.422. The molecule has 0 saturated heterocycles. The zero-order valence-electron chi connectivity index (χ0n) is 8.55. The fraction of sp³-hybridized carbons (Fsp3) is 0.500. The van der Waals surface area contributed by atoms with Crippen molar-refractivity contribution in [3.63, 3.8) is 0 Å². The van der Waals surface area contributed by atoms with Crippen molar-refractivity contribution in [2.45, 2.75) is 26.0 Å². The summed E-state index contributed by atoms with van der Waals surface area (Å²) < 4.78 is 5.31. The molecule has 0 aromatic carbocycles. The van der Waals surface area contributed by atoms with Gasteiger partial charge in [0.25, 0.3) is 0 Å². The molecule has 0 spiro atoms. The van der Waals surface area contributed by atoms with Gasteiger partial charge in [-0.1, -0.05) is 18.1 Å².